The van der Waals surface area contributed by atoms with E-state index in [0.29, 0.717) is 13.0 Å². The molecule has 4 nitrogen and oxygen atoms in total. The molecule has 0 radical (unpaired) electrons. The van der Waals surface area contributed by atoms with Crippen molar-refractivity contribution in [2.24, 2.45) is 0 Å². The van der Waals surface area contributed by atoms with Crippen molar-refractivity contribution in [3.63, 3.8) is 0 Å². The first-order chi connectivity index (χ1) is 9.38. The SMILES string of the molecule is CC(C)S(=O)(=O)NCCc1ccc2cc(O)ccc2c1. The van der Waals surface area contributed by atoms with Crippen molar-refractivity contribution >= 4 is 20.8 Å². The third-order valence-electron chi connectivity index (χ3n) is 3.23. The quantitative estimate of drug-likeness (QED) is 0.889. The van der Waals surface area contributed by atoms with Crippen LogP contribution in [0.3, 0.4) is 0 Å². The Labute approximate surface area is 119 Å². The predicted octanol–water partition coefficient (Wildman–Crippen LogP) is 2.42. The Balaban J connectivity index is 2.06. The lowest BCUT2D eigenvalue weighted by Gasteiger charge is -2.09. The topological polar surface area (TPSA) is 66.4 Å². The first-order valence-electron chi connectivity index (χ1n) is 6.58. The maximum Gasteiger partial charge on any atom is 0.213 e. The van der Waals surface area contributed by atoms with Crippen molar-refractivity contribution in [3.8, 4) is 5.75 Å². The maximum atomic E-state index is 11.6. The molecule has 0 bridgehead atoms. The number of phenolic OH excluding ortho intramolecular Hbond substituents is 1. The normalized spacial score (nSPS) is 12.2. The van der Waals surface area contributed by atoms with Crippen LogP contribution in [0.1, 0.15) is 19.4 Å². The van der Waals surface area contributed by atoms with Crippen LogP contribution in [0.15, 0.2) is 36.4 Å². The summed E-state index contributed by atoms with van der Waals surface area (Å²) in [5.74, 6) is 0.245. The second-order valence-corrected chi connectivity index (χ2v) is 7.43. The lowest BCUT2D eigenvalue weighted by atomic mass is 10.1. The highest BCUT2D eigenvalue weighted by atomic mass is 32.2. The third kappa shape index (κ3) is 3.49. The summed E-state index contributed by atoms with van der Waals surface area (Å²) in [6.45, 7) is 3.71. The molecular weight excluding hydrogens is 274 g/mol. The van der Waals surface area contributed by atoms with Gasteiger partial charge in [-0.15, -0.1) is 0 Å². The van der Waals surface area contributed by atoms with Crippen molar-refractivity contribution in [3.05, 3.63) is 42.0 Å². The first kappa shape index (κ1) is 14.8. The van der Waals surface area contributed by atoms with E-state index in [2.05, 4.69) is 4.72 Å². The molecule has 0 atom stereocenters. The second kappa shape index (κ2) is 5.81. The van der Waals surface area contributed by atoms with Gasteiger partial charge in [-0.25, -0.2) is 13.1 Å². The molecule has 0 unspecified atom stereocenters. The highest BCUT2D eigenvalue weighted by molar-refractivity contribution is 7.90. The van der Waals surface area contributed by atoms with E-state index in [-0.39, 0.29) is 5.75 Å². The summed E-state index contributed by atoms with van der Waals surface area (Å²) in [5.41, 5.74) is 1.06. The monoisotopic (exact) mass is 293 g/mol. The lowest BCUT2D eigenvalue weighted by molar-refractivity contribution is 0.476. The summed E-state index contributed by atoms with van der Waals surface area (Å²) in [6, 6.07) is 11.1. The molecule has 0 fully saturated rings. The summed E-state index contributed by atoms with van der Waals surface area (Å²) in [7, 11) is -3.20. The molecule has 0 spiro atoms. The summed E-state index contributed by atoms with van der Waals surface area (Å²) < 4.78 is 25.9. The van der Waals surface area contributed by atoms with Crippen LogP contribution in [0, 0.1) is 0 Å². The number of rotatable bonds is 5. The molecule has 0 aliphatic rings. The van der Waals surface area contributed by atoms with E-state index in [1.54, 1.807) is 26.0 Å². The van der Waals surface area contributed by atoms with Crippen LogP contribution >= 0.6 is 0 Å². The Hall–Kier alpha value is -1.59. The molecule has 2 rings (SSSR count). The average molecular weight is 293 g/mol. The Morgan fingerprint density at radius 3 is 2.45 bits per heavy atom. The van der Waals surface area contributed by atoms with Crippen molar-refractivity contribution in [1.82, 2.24) is 4.72 Å². The van der Waals surface area contributed by atoms with Crippen molar-refractivity contribution in [2.75, 3.05) is 6.54 Å². The van der Waals surface area contributed by atoms with Crippen LogP contribution in [0.5, 0.6) is 5.75 Å². The van der Waals surface area contributed by atoms with E-state index in [9.17, 15) is 13.5 Å². The van der Waals surface area contributed by atoms with Gasteiger partial charge in [0, 0.05) is 6.54 Å². The summed E-state index contributed by atoms with van der Waals surface area (Å²) in [4.78, 5) is 0. The van der Waals surface area contributed by atoms with E-state index in [0.717, 1.165) is 16.3 Å². The van der Waals surface area contributed by atoms with Gasteiger partial charge in [0.1, 0.15) is 5.75 Å². The number of fused-ring (bicyclic) bond motifs is 1. The average Bonchev–Trinajstić information content (AvgIpc) is 2.38. The fraction of sp³-hybridized carbons (Fsp3) is 0.333. The van der Waals surface area contributed by atoms with E-state index in [1.807, 2.05) is 24.3 Å². The minimum Gasteiger partial charge on any atom is -0.508 e. The minimum atomic E-state index is -3.20. The number of hydrogen-bond donors (Lipinski definition) is 2. The molecule has 0 saturated carbocycles. The number of hydrogen-bond acceptors (Lipinski definition) is 3. The molecule has 108 valence electrons. The van der Waals surface area contributed by atoms with Gasteiger partial charge in [-0.2, -0.15) is 0 Å². The second-order valence-electron chi connectivity index (χ2n) is 5.10. The van der Waals surface area contributed by atoms with Crippen LogP contribution in [-0.4, -0.2) is 25.3 Å². The van der Waals surface area contributed by atoms with Gasteiger partial charge in [-0.3, -0.25) is 0 Å². The predicted molar refractivity (Wildman–Crippen MR) is 81.4 cm³/mol. The summed E-state index contributed by atoms with van der Waals surface area (Å²) in [5, 5.41) is 11.0. The molecule has 2 N–H and O–H groups in total. The standard InChI is InChI=1S/C15H19NO3S/c1-11(2)20(18,19)16-8-7-12-3-4-14-10-15(17)6-5-13(14)9-12/h3-6,9-11,16-17H,7-8H2,1-2H3. The molecule has 2 aromatic carbocycles. The summed E-state index contributed by atoms with van der Waals surface area (Å²) >= 11 is 0. The Kier molecular flexibility index (Phi) is 4.30. The fourth-order valence-electron chi connectivity index (χ4n) is 1.94. The van der Waals surface area contributed by atoms with Crippen molar-refractivity contribution < 1.29 is 13.5 Å². The number of nitrogens with one attached hydrogen (secondary N) is 1. The third-order valence-corrected chi connectivity index (χ3v) is 5.07. The van der Waals surface area contributed by atoms with Crippen LogP contribution < -0.4 is 4.72 Å². The molecule has 0 heterocycles. The molecular formula is C15H19NO3S. The smallest absolute Gasteiger partial charge is 0.213 e. The number of benzene rings is 2. The van der Waals surface area contributed by atoms with Gasteiger partial charge in [0.2, 0.25) is 10.0 Å². The van der Waals surface area contributed by atoms with E-state index in [4.69, 9.17) is 0 Å². The summed E-state index contributed by atoms with van der Waals surface area (Å²) in [6.07, 6.45) is 0.642. The van der Waals surface area contributed by atoms with Gasteiger partial charge in [0.15, 0.2) is 0 Å². The molecule has 0 aromatic heterocycles. The van der Waals surface area contributed by atoms with Crippen molar-refractivity contribution in [1.29, 1.82) is 0 Å². The number of aromatic hydroxyl groups is 1. The zero-order valence-electron chi connectivity index (χ0n) is 11.6. The molecule has 0 aliphatic heterocycles. The molecule has 0 aliphatic carbocycles. The van der Waals surface area contributed by atoms with Gasteiger partial charge in [0.25, 0.3) is 0 Å². The van der Waals surface area contributed by atoms with Crippen LogP contribution in [0.4, 0.5) is 0 Å². The van der Waals surface area contributed by atoms with Crippen LogP contribution in [0.25, 0.3) is 10.8 Å². The lowest BCUT2D eigenvalue weighted by Crippen LogP contribution is -2.32. The minimum absolute atomic E-state index is 0.245. The zero-order valence-corrected chi connectivity index (χ0v) is 12.4. The van der Waals surface area contributed by atoms with Crippen LogP contribution in [0.2, 0.25) is 0 Å². The zero-order chi connectivity index (χ0) is 14.8. The Morgan fingerprint density at radius 1 is 1.10 bits per heavy atom. The van der Waals surface area contributed by atoms with E-state index < -0.39 is 15.3 Å². The molecule has 20 heavy (non-hydrogen) atoms. The number of sulfonamides is 1. The van der Waals surface area contributed by atoms with Gasteiger partial charge < -0.3 is 5.11 Å². The van der Waals surface area contributed by atoms with Gasteiger partial charge in [0.05, 0.1) is 5.25 Å². The molecule has 0 saturated heterocycles. The van der Waals surface area contributed by atoms with Gasteiger partial charge in [-0.1, -0.05) is 24.3 Å². The highest BCUT2D eigenvalue weighted by Gasteiger charge is 2.14. The van der Waals surface area contributed by atoms with E-state index in [1.165, 1.54) is 0 Å². The number of phenols is 1. The molecule has 2 aromatic rings. The Morgan fingerprint density at radius 2 is 1.75 bits per heavy atom. The largest absolute Gasteiger partial charge is 0.508 e. The molecule has 0 amide bonds. The van der Waals surface area contributed by atoms with Gasteiger partial charge >= 0.3 is 0 Å². The van der Waals surface area contributed by atoms with Gasteiger partial charge in [-0.05, 0) is 48.7 Å². The first-order valence-corrected chi connectivity index (χ1v) is 8.13. The molecule has 5 heteroatoms. The maximum absolute atomic E-state index is 11.6. The van der Waals surface area contributed by atoms with Crippen molar-refractivity contribution in [2.45, 2.75) is 25.5 Å². The van der Waals surface area contributed by atoms with E-state index >= 15 is 0 Å². The Bertz CT molecular complexity index is 708. The fourth-order valence-corrected chi connectivity index (χ4v) is 2.66. The van der Waals surface area contributed by atoms with Crippen LogP contribution in [-0.2, 0) is 16.4 Å². The highest BCUT2D eigenvalue weighted by Crippen LogP contribution is 2.21.